The zero-order valence-electron chi connectivity index (χ0n) is 12.0. The Bertz CT molecular complexity index is 713. The standard InChI is InChI=1S/C14H18N4OS2/c1-13(2)4-3-10(7-11-15-5-6-21-11)14(13,19)8-18-12(20)16-9-17-18/h5-7,9,19H,3-4,8H2,1-2H3,(H,16,17,20). The highest BCUT2D eigenvalue weighted by Gasteiger charge is 2.51. The van der Waals surface area contributed by atoms with Crippen LogP contribution in [0.2, 0.25) is 0 Å². The van der Waals surface area contributed by atoms with Gasteiger partial charge in [0.05, 0.1) is 6.54 Å². The van der Waals surface area contributed by atoms with Crippen molar-refractivity contribution in [2.24, 2.45) is 5.41 Å². The van der Waals surface area contributed by atoms with Crippen molar-refractivity contribution in [1.29, 1.82) is 0 Å². The predicted octanol–water partition coefficient (Wildman–Crippen LogP) is 3.03. The molecule has 0 amide bonds. The lowest BCUT2D eigenvalue weighted by Crippen LogP contribution is -2.45. The lowest BCUT2D eigenvalue weighted by molar-refractivity contribution is -0.0301. The fraction of sp³-hybridized carbons (Fsp3) is 0.500. The van der Waals surface area contributed by atoms with Crippen LogP contribution in [0.1, 0.15) is 31.7 Å². The molecule has 7 heteroatoms. The molecule has 2 N–H and O–H groups in total. The smallest absolute Gasteiger partial charge is 0.215 e. The van der Waals surface area contributed by atoms with Gasteiger partial charge in [-0.1, -0.05) is 13.8 Å². The summed E-state index contributed by atoms with van der Waals surface area (Å²) in [6, 6.07) is 0. The molecule has 1 atom stereocenters. The molecule has 0 aliphatic heterocycles. The Labute approximate surface area is 132 Å². The van der Waals surface area contributed by atoms with Gasteiger partial charge >= 0.3 is 0 Å². The third kappa shape index (κ3) is 2.49. The molecule has 0 bridgehead atoms. The molecule has 2 aromatic rings. The molecule has 21 heavy (non-hydrogen) atoms. The highest BCUT2D eigenvalue weighted by Crippen LogP contribution is 2.50. The molecule has 1 fully saturated rings. The first-order chi connectivity index (χ1) is 9.92. The maximum Gasteiger partial charge on any atom is 0.215 e. The zero-order valence-corrected chi connectivity index (χ0v) is 13.7. The van der Waals surface area contributed by atoms with E-state index in [1.54, 1.807) is 28.5 Å². The molecule has 1 unspecified atom stereocenters. The van der Waals surface area contributed by atoms with E-state index in [0.29, 0.717) is 11.3 Å². The van der Waals surface area contributed by atoms with Gasteiger partial charge in [0, 0.05) is 11.6 Å². The molecule has 0 saturated heterocycles. The molecule has 1 aliphatic carbocycles. The predicted molar refractivity (Wildman–Crippen MR) is 85.5 cm³/mol. The van der Waals surface area contributed by atoms with Crippen LogP contribution in [0, 0.1) is 10.2 Å². The van der Waals surface area contributed by atoms with Crippen molar-refractivity contribution in [3.8, 4) is 0 Å². The maximum atomic E-state index is 11.4. The normalized spacial score (nSPS) is 26.5. The molecular formula is C14H18N4OS2. The van der Waals surface area contributed by atoms with Crippen LogP contribution >= 0.6 is 23.6 Å². The van der Waals surface area contributed by atoms with Crippen LogP contribution in [0.25, 0.3) is 6.08 Å². The number of aromatic amines is 1. The molecule has 1 aliphatic rings. The first kappa shape index (κ1) is 14.6. The Morgan fingerprint density at radius 1 is 1.52 bits per heavy atom. The minimum absolute atomic E-state index is 0.226. The fourth-order valence-corrected chi connectivity index (χ4v) is 3.64. The Balaban J connectivity index is 2.01. The summed E-state index contributed by atoms with van der Waals surface area (Å²) < 4.78 is 2.18. The topological polar surface area (TPSA) is 66.7 Å². The van der Waals surface area contributed by atoms with Gasteiger partial charge in [-0.15, -0.1) is 11.3 Å². The second-order valence-electron chi connectivity index (χ2n) is 6.04. The van der Waals surface area contributed by atoms with E-state index in [1.807, 2.05) is 11.5 Å². The molecule has 2 heterocycles. The third-order valence-electron chi connectivity index (χ3n) is 4.43. The molecule has 2 aromatic heterocycles. The van der Waals surface area contributed by atoms with Crippen molar-refractivity contribution >= 4 is 29.6 Å². The van der Waals surface area contributed by atoms with Crippen LogP contribution in [0.15, 0.2) is 23.5 Å². The summed E-state index contributed by atoms with van der Waals surface area (Å²) in [6.07, 6.45) is 7.14. The van der Waals surface area contributed by atoms with E-state index in [-0.39, 0.29) is 5.41 Å². The van der Waals surface area contributed by atoms with Crippen LogP contribution in [0.5, 0.6) is 0 Å². The average Bonchev–Trinajstić information content (AvgIpc) is 3.10. The van der Waals surface area contributed by atoms with Crippen LogP contribution < -0.4 is 0 Å². The van der Waals surface area contributed by atoms with Crippen molar-refractivity contribution in [2.45, 2.75) is 38.8 Å². The van der Waals surface area contributed by atoms with Crippen LogP contribution in [0.4, 0.5) is 0 Å². The molecule has 112 valence electrons. The summed E-state index contributed by atoms with van der Waals surface area (Å²) in [4.78, 5) is 8.31. The minimum atomic E-state index is -0.955. The van der Waals surface area contributed by atoms with Gasteiger partial charge in [-0.3, -0.25) is 9.78 Å². The number of aromatic nitrogens is 4. The SMILES string of the molecule is CC1(C)CCC(=Cc2nccs2)C1(O)Cn1[nH]cnc1=S. The number of aliphatic hydroxyl groups is 1. The van der Waals surface area contributed by atoms with E-state index in [1.165, 1.54) is 0 Å². The number of hydrogen-bond acceptors (Lipinski definition) is 5. The number of thiazole rings is 1. The zero-order chi connectivity index (χ0) is 15.1. The molecule has 0 spiro atoms. The highest BCUT2D eigenvalue weighted by atomic mass is 32.1. The van der Waals surface area contributed by atoms with Gasteiger partial charge in [-0.2, -0.15) is 0 Å². The molecule has 0 radical (unpaired) electrons. The van der Waals surface area contributed by atoms with Gasteiger partial charge in [-0.25, -0.2) is 9.97 Å². The van der Waals surface area contributed by atoms with Crippen molar-refractivity contribution < 1.29 is 5.11 Å². The summed E-state index contributed by atoms with van der Waals surface area (Å²) >= 11 is 6.75. The van der Waals surface area contributed by atoms with Crippen molar-refractivity contribution in [1.82, 2.24) is 19.7 Å². The van der Waals surface area contributed by atoms with Gasteiger partial charge in [0.2, 0.25) is 4.77 Å². The Hall–Kier alpha value is -1.31. The van der Waals surface area contributed by atoms with Crippen molar-refractivity contribution in [2.75, 3.05) is 0 Å². The second-order valence-corrected chi connectivity index (χ2v) is 7.33. The third-order valence-corrected chi connectivity index (χ3v) is 5.47. The van der Waals surface area contributed by atoms with E-state index in [0.717, 1.165) is 23.4 Å². The Morgan fingerprint density at radius 2 is 2.33 bits per heavy atom. The van der Waals surface area contributed by atoms with Crippen LogP contribution in [-0.2, 0) is 6.54 Å². The summed E-state index contributed by atoms with van der Waals surface area (Å²) in [7, 11) is 0. The van der Waals surface area contributed by atoms with Gasteiger partial charge in [-0.05, 0) is 42.1 Å². The molecule has 1 saturated carbocycles. The van der Waals surface area contributed by atoms with E-state index >= 15 is 0 Å². The molecule has 0 aromatic carbocycles. The quantitative estimate of drug-likeness (QED) is 0.853. The number of H-pyrrole nitrogens is 1. The largest absolute Gasteiger partial charge is 0.383 e. The first-order valence-corrected chi connectivity index (χ1v) is 8.14. The molecular weight excluding hydrogens is 304 g/mol. The fourth-order valence-electron chi connectivity index (χ4n) is 2.88. The van der Waals surface area contributed by atoms with E-state index in [9.17, 15) is 5.11 Å². The van der Waals surface area contributed by atoms with Gasteiger partial charge in [0.25, 0.3) is 0 Å². The number of hydrogen-bond donors (Lipinski definition) is 2. The Morgan fingerprint density at radius 3 is 2.95 bits per heavy atom. The maximum absolute atomic E-state index is 11.4. The van der Waals surface area contributed by atoms with Crippen LogP contribution in [-0.4, -0.2) is 30.5 Å². The van der Waals surface area contributed by atoms with E-state index in [2.05, 4.69) is 28.9 Å². The van der Waals surface area contributed by atoms with E-state index in [4.69, 9.17) is 12.2 Å². The monoisotopic (exact) mass is 322 g/mol. The number of nitrogens with one attached hydrogen (secondary N) is 1. The minimum Gasteiger partial charge on any atom is -0.383 e. The summed E-state index contributed by atoms with van der Waals surface area (Å²) in [5.41, 5.74) is -0.168. The average molecular weight is 322 g/mol. The van der Waals surface area contributed by atoms with Crippen molar-refractivity contribution in [3.05, 3.63) is 33.3 Å². The summed E-state index contributed by atoms with van der Waals surface area (Å²) in [6.45, 7) is 4.57. The van der Waals surface area contributed by atoms with Crippen LogP contribution in [0.3, 0.4) is 0 Å². The Kier molecular flexibility index (Phi) is 3.59. The second kappa shape index (κ2) is 5.15. The molecule has 3 rings (SSSR count). The number of rotatable bonds is 3. The number of nitrogens with zero attached hydrogens (tertiary/aromatic N) is 3. The summed E-state index contributed by atoms with van der Waals surface area (Å²) in [5.74, 6) is 0. The lowest BCUT2D eigenvalue weighted by Gasteiger charge is -2.37. The van der Waals surface area contributed by atoms with E-state index < -0.39 is 5.60 Å². The molecule has 5 nitrogen and oxygen atoms in total. The van der Waals surface area contributed by atoms with Gasteiger partial charge < -0.3 is 5.11 Å². The lowest BCUT2D eigenvalue weighted by atomic mass is 9.76. The van der Waals surface area contributed by atoms with Gasteiger partial charge in [0.15, 0.2) is 0 Å². The van der Waals surface area contributed by atoms with Gasteiger partial charge in [0.1, 0.15) is 16.9 Å². The van der Waals surface area contributed by atoms with Crippen molar-refractivity contribution in [3.63, 3.8) is 0 Å². The highest BCUT2D eigenvalue weighted by molar-refractivity contribution is 7.71. The summed E-state index contributed by atoms with van der Waals surface area (Å²) in [5, 5.41) is 17.2. The first-order valence-electron chi connectivity index (χ1n) is 6.85.